The molecule has 1 N–H and O–H groups in total. The fourth-order valence-electron chi connectivity index (χ4n) is 1.33. The van der Waals surface area contributed by atoms with E-state index in [0.717, 1.165) is 6.54 Å². The third kappa shape index (κ3) is 1.23. The average Bonchev–Trinajstić information content (AvgIpc) is 2.64. The molecule has 2 heteroatoms. The topological polar surface area (TPSA) is 35.8 Å². The van der Waals surface area contributed by atoms with Crippen molar-refractivity contribution in [2.75, 3.05) is 6.54 Å². The predicted molar refractivity (Wildman–Crippen MR) is 40.1 cm³/mol. The van der Waals surface area contributed by atoms with Crippen LogP contribution >= 0.6 is 0 Å². The summed E-state index contributed by atoms with van der Waals surface area (Å²) in [6, 6.07) is 0. The van der Waals surface area contributed by atoms with E-state index in [-0.39, 0.29) is 0 Å². The maximum absolute atomic E-state index is 8.28. The van der Waals surface area contributed by atoms with E-state index in [1.807, 2.05) is 6.19 Å². The molecule has 1 aliphatic rings. The molecule has 56 valence electrons. The quantitative estimate of drug-likeness (QED) is 0.474. The number of hydrogen-bond acceptors (Lipinski definition) is 2. The zero-order valence-electron chi connectivity index (χ0n) is 6.65. The Balaban J connectivity index is 2.32. The van der Waals surface area contributed by atoms with Gasteiger partial charge in [0.2, 0.25) is 0 Å². The lowest BCUT2D eigenvalue weighted by molar-refractivity contribution is 0.354. The largest absolute Gasteiger partial charge is 0.323 e. The standard InChI is InChI=1S/C8H14N2/c1-7(2)8(3-4-8)5-10-6-9/h7,10H,3-5H2,1-2H3. The smallest absolute Gasteiger partial charge is 0.176 e. The molecule has 0 saturated heterocycles. The molecule has 10 heavy (non-hydrogen) atoms. The van der Waals surface area contributed by atoms with Crippen LogP contribution in [-0.2, 0) is 0 Å². The van der Waals surface area contributed by atoms with Crippen LogP contribution in [0.4, 0.5) is 0 Å². The van der Waals surface area contributed by atoms with Crippen LogP contribution in [0.2, 0.25) is 0 Å². The van der Waals surface area contributed by atoms with Gasteiger partial charge >= 0.3 is 0 Å². The summed E-state index contributed by atoms with van der Waals surface area (Å²) in [5.41, 5.74) is 0.468. The van der Waals surface area contributed by atoms with Gasteiger partial charge in [0.05, 0.1) is 0 Å². The van der Waals surface area contributed by atoms with Gasteiger partial charge in [0.1, 0.15) is 0 Å². The summed E-state index contributed by atoms with van der Waals surface area (Å²) in [5, 5.41) is 11.0. The highest BCUT2D eigenvalue weighted by Crippen LogP contribution is 2.51. The summed E-state index contributed by atoms with van der Waals surface area (Å²) in [6.45, 7) is 5.33. The highest BCUT2D eigenvalue weighted by molar-refractivity contribution is 4.98. The molecule has 1 aliphatic carbocycles. The van der Waals surface area contributed by atoms with Gasteiger partial charge < -0.3 is 5.32 Å². The molecule has 0 heterocycles. The molecule has 0 aromatic rings. The Morgan fingerprint density at radius 2 is 2.20 bits per heavy atom. The molecule has 0 aromatic carbocycles. The zero-order chi connectivity index (χ0) is 7.61. The summed E-state index contributed by atoms with van der Waals surface area (Å²) < 4.78 is 0. The minimum Gasteiger partial charge on any atom is -0.323 e. The van der Waals surface area contributed by atoms with Crippen LogP contribution in [0.5, 0.6) is 0 Å². The molecule has 1 rings (SSSR count). The summed E-state index contributed by atoms with van der Waals surface area (Å²) in [7, 11) is 0. The van der Waals surface area contributed by atoms with Gasteiger partial charge in [0, 0.05) is 6.54 Å². The molecular weight excluding hydrogens is 124 g/mol. The molecule has 2 nitrogen and oxygen atoms in total. The summed E-state index contributed by atoms with van der Waals surface area (Å²) in [6.07, 6.45) is 4.55. The lowest BCUT2D eigenvalue weighted by atomic mass is 9.93. The van der Waals surface area contributed by atoms with Crippen LogP contribution in [0.3, 0.4) is 0 Å². The van der Waals surface area contributed by atoms with E-state index >= 15 is 0 Å². The second kappa shape index (κ2) is 2.49. The van der Waals surface area contributed by atoms with Crippen molar-refractivity contribution < 1.29 is 0 Å². The van der Waals surface area contributed by atoms with E-state index in [2.05, 4.69) is 19.2 Å². The molecule has 0 atom stereocenters. The van der Waals surface area contributed by atoms with Crippen LogP contribution in [0.25, 0.3) is 0 Å². The Bertz CT molecular complexity index is 151. The van der Waals surface area contributed by atoms with E-state index in [0.29, 0.717) is 11.3 Å². The van der Waals surface area contributed by atoms with Crippen molar-refractivity contribution in [3.8, 4) is 6.19 Å². The molecule has 0 radical (unpaired) electrons. The first-order chi connectivity index (χ1) is 4.71. The molecule has 0 amide bonds. The van der Waals surface area contributed by atoms with Crippen molar-refractivity contribution in [2.24, 2.45) is 11.3 Å². The summed E-state index contributed by atoms with van der Waals surface area (Å²) in [4.78, 5) is 0. The van der Waals surface area contributed by atoms with Gasteiger partial charge in [-0.15, -0.1) is 0 Å². The Morgan fingerprint density at radius 1 is 1.60 bits per heavy atom. The summed E-state index contributed by atoms with van der Waals surface area (Å²) in [5.74, 6) is 0.716. The minimum atomic E-state index is 0.468. The lowest BCUT2D eigenvalue weighted by Gasteiger charge is -2.17. The zero-order valence-corrected chi connectivity index (χ0v) is 6.65. The molecule has 0 aromatic heterocycles. The van der Waals surface area contributed by atoms with Gasteiger partial charge in [0.25, 0.3) is 0 Å². The van der Waals surface area contributed by atoms with Crippen LogP contribution in [0.15, 0.2) is 0 Å². The molecule has 0 spiro atoms. The molecular formula is C8H14N2. The normalized spacial score (nSPS) is 20.2. The van der Waals surface area contributed by atoms with E-state index in [1.165, 1.54) is 12.8 Å². The lowest BCUT2D eigenvalue weighted by Crippen LogP contribution is -2.23. The van der Waals surface area contributed by atoms with Crippen LogP contribution in [0, 0.1) is 22.8 Å². The first-order valence-corrected chi connectivity index (χ1v) is 3.83. The Kier molecular flexibility index (Phi) is 1.85. The van der Waals surface area contributed by atoms with Crippen molar-refractivity contribution in [2.45, 2.75) is 26.7 Å². The Hall–Kier alpha value is -0.710. The van der Waals surface area contributed by atoms with Crippen molar-refractivity contribution in [3.63, 3.8) is 0 Å². The van der Waals surface area contributed by atoms with Crippen molar-refractivity contribution in [1.82, 2.24) is 5.32 Å². The highest BCUT2D eigenvalue weighted by Gasteiger charge is 2.44. The molecule has 0 aliphatic heterocycles. The SMILES string of the molecule is CC(C)C1(CNC#N)CC1. The number of nitrogens with one attached hydrogen (secondary N) is 1. The highest BCUT2D eigenvalue weighted by atomic mass is 14.9. The number of nitriles is 1. The van der Waals surface area contributed by atoms with E-state index in [1.54, 1.807) is 0 Å². The molecule has 0 bridgehead atoms. The van der Waals surface area contributed by atoms with E-state index in [9.17, 15) is 0 Å². The monoisotopic (exact) mass is 138 g/mol. The third-order valence-electron chi connectivity index (χ3n) is 2.64. The van der Waals surface area contributed by atoms with Gasteiger partial charge in [0.15, 0.2) is 6.19 Å². The van der Waals surface area contributed by atoms with E-state index in [4.69, 9.17) is 5.26 Å². The first kappa shape index (κ1) is 7.40. The van der Waals surface area contributed by atoms with E-state index < -0.39 is 0 Å². The van der Waals surface area contributed by atoms with Crippen LogP contribution < -0.4 is 5.32 Å². The van der Waals surface area contributed by atoms with Gasteiger partial charge in [-0.2, -0.15) is 5.26 Å². The number of rotatable bonds is 3. The number of hydrogen-bond donors (Lipinski definition) is 1. The second-order valence-corrected chi connectivity index (χ2v) is 3.48. The predicted octanol–water partition coefficient (Wildman–Crippen LogP) is 1.49. The fourth-order valence-corrected chi connectivity index (χ4v) is 1.33. The fraction of sp³-hybridized carbons (Fsp3) is 0.875. The van der Waals surface area contributed by atoms with Crippen molar-refractivity contribution >= 4 is 0 Å². The summed E-state index contributed by atoms with van der Waals surface area (Å²) >= 11 is 0. The minimum absolute atomic E-state index is 0.468. The van der Waals surface area contributed by atoms with Gasteiger partial charge in [-0.05, 0) is 24.2 Å². The van der Waals surface area contributed by atoms with Gasteiger partial charge in [-0.1, -0.05) is 13.8 Å². The van der Waals surface area contributed by atoms with Crippen LogP contribution in [0.1, 0.15) is 26.7 Å². The second-order valence-electron chi connectivity index (χ2n) is 3.48. The first-order valence-electron chi connectivity index (χ1n) is 3.83. The van der Waals surface area contributed by atoms with Gasteiger partial charge in [-0.3, -0.25) is 0 Å². The third-order valence-corrected chi connectivity index (χ3v) is 2.64. The van der Waals surface area contributed by atoms with Crippen LogP contribution in [-0.4, -0.2) is 6.54 Å². The van der Waals surface area contributed by atoms with Crippen molar-refractivity contribution in [3.05, 3.63) is 0 Å². The average molecular weight is 138 g/mol. The Labute approximate surface area is 62.2 Å². The molecule has 1 fully saturated rings. The van der Waals surface area contributed by atoms with Gasteiger partial charge in [-0.25, -0.2) is 0 Å². The maximum Gasteiger partial charge on any atom is 0.176 e. The molecule has 0 unspecified atom stereocenters. The maximum atomic E-state index is 8.28. The molecule has 1 saturated carbocycles. The Morgan fingerprint density at radius 3 is 2.50 bits per heavy atom. The number of nitrogens with zero attached hydrogens (tertiary/aromatic N) is 1. The van der Waals surface area contributed by atoms with Crippen molar-refractivity contribution in [1.29, 1.82) is 5.26 Å².